The molecule has 0 heterocycles. The van der Waals surface area contributed by atoms with Gasteiger partial charge >= 0.3 is 0 Å². The third-order valence-corrected chi connectivity index (χ3v) is 5.70. The lowest BCUT2D eigenvalue weighted by atomic mass is 10.1. The number of rotatable bonds is 7. The van der Waals surface area contributed by atoms with Crippen molar-refractivity contribution < 1.29 is 13.2 Å². The topological polar surface area (TPSA) is 78.5 Å². The lowest BCUT2D eigenvalue weighted by Gasteiger charge is -2.18. The highest BCUT2D eigenvalue weighted by molar-refractivity contribution is 7.89. The number of hydrogen-bond donors (Lipinski definition) is 2. The number of amides is 1. The molecular formula is C19H25N3O3S. The van der Waals surface area contributed by atoms with Gasteiger partial charge < -0.3 is 5.32 Å². The van der Waals surface area contributed by atoms with Crippen LogP contribution in [0.25, 0.3) is 0 Å². The Labute approximate surface area is 155 Å². The minimum Gasteiger partial charge on any atom is -0.325 e. The number of nitrogens with zero attached hydrogens (tertiary/aromatic N) is 1. The van der Waals surface area contributed by atoms with Gasteiger partial charge in [-0.1, -0.05) is 30.3 Å². The summed E-state index contributed by atoms with van der Waals surface area (Å²) in [6.07, 6.45) is 0. The van der Waals surface area contributed by atoms with E-state index < -0.39 is 10.0 Å². The lowest BCUT2D eigenvalue weighted by molar-refractivity contribution is -0.117. The maximum absolute atomic E-state index is 12.3. The number of nitrogens with one attached hydrogen (secondary N) is 2. The van der Waals surface area contributed by atoms with Crippen molar-refractivity contribution in [2.75, 3.05) is 26.0 Å². The molecule has 7 heteroatoms. The zero-order chi connectivity index (χ0) is 19.3. The summed E-state index contributed by atoms with van der Waals surface area (Å²) in [5.41, 5.74) is 3.42. The average molecular weight is 375 g/mol. The highest BCUT2D eigenvalue weighted by Crippen LogP contribution is 2.20. The van der Waals surface area contributed by atoms with Crippen LogP contribution < -0.4 is 10.0 Å². The molecule has 6 nitrogen and oxygen atoms in total. The molecule has 0 unspecified atom stereocenters. The van der Waals surface area contributed by atoms with Crippen molar-refractivity contribution in [1.82, 2.24) is 9.62 Å². The third kappa shape index (κ3) is 5.14. The highest BCUT2D eigenvalue weighted by Gasteiger charge is 2.16. The number of hydrogen-bond acceptors (Lipinski definition) is 4. The minimum absolute atomic E-state index is 0.158. The SMILES string of the molecule is CNS(=O)(=O)c1cc(NC(=O)CN(C)Cc2ccccc2C)ccc1C. The van der Waals surface area contributed by atoms with E-state index >= 15 is 0 Å². The molecular weight excluding hydrogens is 350 g/mol. The average Bonchev–Trinajstić information content (AvgIpc) is 2.58. The Hall–Kier alpha value is -2.22. The molecule has 0 spiro atoms. The van der Waals surface area contributed by atoms with E-state index in [0.29, 0.717) is 17.8 Å². The third-order valence-electron chi connectivity index (χ3n) is 4.15. The maximum Gasteiger partial charge on any atom is 0.240 e. The van der Waals surface area contributed by atoms with Crippen LogP contribution in [-0.4, -0.2) is 39.9 Å². The Kier molecular flexibility index (Phi) is 6.52. The predicted molar refractivity (Wildman–Crippen MR) is 104 cm³/mol. The second-order valence-corrected chi connectivity index (χ2v) is 8.19. The minimum atomic E-state index is -3.57. The van der Waals surface area contributed by atoms with Gasteiger partial charge in [0, 0.05) is 12.2 Å². The van der Waals surface area contributed by atoms with Crippen molar-refractivity contribution in [1.29, 1.82) is 0 Å². The summed E-state index contributed by atoms with van der Waals surface area (Å²) in [6.45, 7) is 4.62. The number of aryl methyl sites for hydroxylation is 2. The largest absolute Gasteiger partial charge is 0.325 e. The first kappa shape index (κ1) is 20.1. The van der Waals surface area contributed by atoms with Crippen molar-refractivity contribution in [3.05, 3.63) is 59.2 Å². The van der Waals surface area contributed by atoms with E-state index in [0.717, 1.165) is 0 Å². The molecule has 0 aromatic heterocycles. The Morgan fingerprint density at radius 3 is 2.42 bits per heavy atom. The monoisotopic (exact) mass is 375 g/mol. The van der Waals surface area contributed by atoms with E-state index in [1.165, 1.54) is 24.2 Å². The van der Waals surface area contributed by atoms with Crippen LogP contribution in [0.15, 0.2) is 47.4 Å². The van der Waals surface area contributed by atoms with E-state index in [1.807, 2.05) is 43.1 Å². The molecule has 0 saturated heterocycles. The number of anilines is 1. The molecule has 0 saturated carbocycles. The maximum atomic E-state index is 12.3. The summed E-state index contributed by atoms with van der Waals surface area (Å²) in [6, 6.07) is 12.9. The van der Waals surface area contributed by atoms with Crippen molar-refractivity contribution in [2.45, 2.75) is 25.3 Å². The smallest absolute Gasteiger partial charge is 0.240 e. The van der Waals surface area contributed by atoms with Crippen molar-refractivity contribution in [2.24, 2.45) is 0 Å². The molecule has 0 aliphatic carbocycles. The van der Waals surface area contributed by atoms with Gasteiger partial charge in [0.1, 0.15) is 0 Å². The Bertz CT molecular complexity index is 895. The molecule has 2 rings (SSSR count). The van der Waals surface area contributed by atoms with E-state index in [1.54, 1.807) is 19.1 Å². The summed E-state index contributed by atoms with van der Waals surface area (Å²) in [7, 11) is -0.333. The first-order valence-electron chi connectivity index (χ1n) is 8.30. The van der Waals surface area contributed by atoms with Crippen LogP contribution in [0.3, 0.4) is 0 Å². The second-order valence-electron chi connectivity index (χ2n) is 6.33. The van der Waals surface area contributed by atoms with E-state index in [-0.39, 0.29) is 17.3 Å². The van der Waals surface area contributed by atoms with Crippen molar-refractivity contribution in [3.8, 4) is 0 Å². The van der Waals surface area contributed by atoms with Gasteiger partial charge in [-0.15, -0.1) is 0 Å². The molecule has 0 atom stereocenters. The quantitative estimate of drug-likeness (QED) is 0.778. The van der Waals surface area contributed by atoms with Crippen LogP contribution in [0.2, 0.25) is 0 Å². The molecule has 26 heavy (non-hydrogen) atoms. The Balaban J connectivity index is 2.04. The molecule has 2 N–H and O–H groups in total. The van der Waals surface area contributed by atoms with Crippen molar-refractivity contribution in [3.63, 3.8) is 0 Å². The Morgan fingerprint density at radius 2 is 1.77 bits per heavy atom. The molecule has 0 fully saturated rings. The molecule has 2 aromatic carbocycles. The molecule has 0 aliphatic rings. The van der Waals surface area contributed by atoms with Gasteiger partial charge in [0.2, 0.25) is 15.9 Å². The molecule has 1 amide bonds. The fraction of sp³-hybridized carbons (Fsp3) is 0.316. The summed E-state index contributed by atoms with van der Waals surface area (Å²) in [5, 5.41) is 2.76. The fourth-order valence-electron chi connectivity index (χ4n) is 2.66. The van der Waals surface area contributed by atoms with Crippen LogP contribution in [-0.2, 0) is 21.4 Å². The zero-order valence-corrected chi connectivity index (χ0v) is 16.4. The molecule has 140 valence electrons. The number of sulfonamides is 1. The molecule has 2 aromatic rings. The van der Waals surface area contributed by atoms with Gasteiger partial charge in [-0.05, 0) is 56.8 Å². The second kappa shape index (κ2) is 8.44. The van der Waals surface area contributed by atoms with Crippen LogP contribution in [0.4, 0.5) is 5.69 Å². The van der Waals surface area contributed by atoms with Crippen LogP contribution in [0.1, 0.15) is 16.7 Å². The fourth-order valence-corrected chi connectivity index (χ4v) is 3.65. The molecule has 0 aliphatic heterocycles. The predicted octanol–water partition coefficient (Wildman–Crippen LogP) is 2.28. The summed E-state index contributed by atoms with van der Waals surface area (Å²) >= 11 is 0. The first-order valence-corrected chi connectivity index (χ1v) is 9.78. The number of carbonyl (C=O) groups is 1. The van der Waals surface area contributed by atoms with Gasteiger partial charge in [-0.25, -0.2) is 13.1 Å². The normalized spacial score (nSPS) is 11.6. The first-order chi connectivity index (χ1) is 12.2. The number of likely N-dealkylation sites (N-methyl/N-ethyl adjacent to an activating group) is 1. The zero-order valence-electron chi connectivity index (χ0n) is 15.5. The Morgan fingerprint density at radius 1 is 1.08 bits per heavy atom. The summed E-state index contributed by atoms with van der Waals surface area (Å²) in [5.74, 6) is -0.197. The van der Waals surface area contributed by atoms with Crippen LogP contribution >= 0.6 is 0 Å². The van der Waals surface area contributed by atoms with Crippen LogP contribution in [0.5, 0.6) is 0 Å². The molecule has 0 radical (unpaired) electrons. The number of carbonyl (C=O) groups excluding carboxylic acids is 1. The van der Waals surface area contributed by atoms with Gasteiger partial charge in [0.25, 0.3) is 0 Å². The van der Waals surface area contributed by atoms with E-state index in [2.05, 4.69) is 10.0 Å². The van der Waals surface area contributed by atoms with Gasteiger partial charge in [-0.3, -0.25) is 9.69 Å². The summed E-state index contributed by atoms with van der Waals surface area (Å²) in [4.78, 5) is 14.4. The van der Waals surface area contributed by atoms with Gasteiger partial charge in [0.15, 0.2) is 0 Å². The molecule has 0 bridgehead atoms. The standard InChI is InChI=1S/C19H25N3O3S/c1-14-7-5-6-8-16(14)12-22(4)13-19(23)21-17-10-9-15(2)18(11-17)26(24,25)20-3/h5-11,20H,12-13H2,1-4H3,(H,21,23). The van der Waals surface area contributed by atoms with Crippen LogP contribution in [0, 0.1) is 13.8 Å². The van der Waals surface area contributed by atoms with Gasteiger partial charge in [-0.2, -0.15) is 0 Å². The van der Waals surface area contributed by atoms with Gasteiger partial charge in [0.05, 0.1) is 11.4 Å². The number of benzene rings is 2. The highest BCUT2D eigenvalue weighted by atomic mass is 32.2. The van der Waals surface area contributed by atoms with E-state index in [4.69, 9.17) is 0 Å². The van der Waals surface area contributed by atoms with E-state index in [9.17, 15) is 13.2 Å². The van der Waals surface area contributed by atoms with Crippen molar-refractivity contribution >= 4 is 21.6 Å². The summed E-state index contributed by atoms with van der Waals surface area (Å²) < 4.78 is 26.4. The lowest BCUT2D eigenvalue weighted by Crippen LogP contribution is -2.30.